The van der Waals surface area contributed by atoms with Crippen LogP contribution in [0.25, 0.3) is 0 Å². The number of rotatable bonds is 4. The van der Waals surface area contributed by atoms with Crippen molar-refractivity contribution in [1.29, 1.82) is 0 Å². The molecular weight excluding hydrogens is 225 g/mol. The number of hydrogen-bond donors (Lipinski definition) is 0. The summed E-state index contributed by atoms with van der Waals surface area (Å²) in [4.78, 5) is 15.5. The molecule has 0 N–H and O–H groups in total. The van der Waals surface area contributed by atoms with E-state index in [1.54, 1.807) is 0 Å². The molecule has 0 aliphatic heterocycles. The first kappa shape index (κ1) is 11.3. The summed E-state index contributed by atoms with van der Waals surface area (Å²) in [6, 6.07) is 4.09. The fourth-order valence-electron chi connectivity index (χ4n) is 1.39. The summed E-state index contributed by atoms with van der Waals surface area (Å²) < 4.78 is 19.5. The number of carbonyl (C=O) groups excluding carboxylic acids is 1. The van der Waals surface area contributed by atoms with E-state index in [0.29, 0.717) is 0 Å². The van der Waals surface area contributed by atoms with Gasteiger partial charge in [0.15, 0.2) is 17.3 Å². The molecule has 6 heteroatoms. The molecule has 0 radical (unpaired) electrons. The largest absolute Gasteiger partial charge is 0.494 e. The maximum absolute atomic E-state index is 13.4. The van der Waals surface area contributed by atoms with Crippen molar-refractivity contribution in [3.05, 3.63) is 42.2 Å². The van der Waals surface area contributed by atoms with Gasteiger partial charge in [-0.2, -0.15) is 5.10 Å². The molecule has 0 saturated carbocycles. The van der Waals surface area contributed by atoms with Gasteiger partial charge in [0, 0.05) is 5.56 Å². The summed E-state index contributed by atoms with van der Waals surface area (Å²) in [7, 11) is 1.37. The lowest BCUT2D eigenvalue weighted by molar-refractivity contribution is 0.0967. The minimum atomic E-state index is -0.558. The molecule has 0 spiro atoms. The molecule has 1 heterocycles. The summed E-state index contributed by atoms with van der Waals surface area (Å²) >= 11 is 0. The Morgan fingerprint density at radius 3 is 2.94 bits per heavy atom. The van der Waals surface area contributed by atoms with Gasteiger partial charge < -0.3 is 4.74 Å². The van der Waals surface area contributed by atoms with E-state index in [-0.39, 0.29) is 23.6 Å². The number of methoxy groups -OCH3 is 1. The molecule has 2 rings (SSSR count). The van der Waals surface area contributed by atoms with Crippen LogP contribution < -0.4 is 4.74 Å². The Balaban J connectivity index is 2.17. The minimum Gasteiger partial charge on any atom is -0.494 e. The monoisotopic (exact) mass is 235 g/mol. The summed E-state index contributed by atoms with van der Waals surface area (Å²) in [5.41, 5.74) is 0.277. The van der Waals surface area contributed by atoms with Crippen molar-refractivity contribution in [3.63, 3.8) is 0 Å². The summed E-state index contributed by atoms with van der Waals surface area (Å²) in [5.74, 6) is -0.684. The van der Waals surface area contributed by atoms with E-state index in [4.69, 9.17) is 4.74 Å². The molecule has 0 amide bonds. The number of ether oxygens (including phenoxy) is 1. The number of halogens is 1. The highest BCUT2D eigenvalue weighted by Crippen LogP contribution is 2.18. The third kappa shape index (κ3) is 2.47. The van der Waals surface area contributed by atoms with Crippen LogP contribution >= 0.6 is 0 Å². The van der Waals surface area contributed by atoms with Crippen LogP contribution in [0.4, 0.5) is 4.39 Å². The highest BCUT2D eigenvalue weighted by Gasteiger charge is 2.10. The van der Waals surface area contributed by atoms with E-state index in [1.165, 1.54) is 36.6 Å². The second-order valence-corrected chi connectivity index (χ2v) is 3.37. The third-order valence-electron chi connectivity index (χ3n) is 2.25. The quantitative estimate of drug-likeness (QED) is 0.750. The van der Waals surface area contributed by atoms with Crippen LogP contribution in [-0.2, 0) is 6.54 Å². The SMILES string of the molecule is COc1ccc(C(=O)Cn2cncn2)cc1F. The molecular formula is C11H10FN3O2. The number of ketones is 1. The molecule has 5 nitrogen and oxygen atoms in total. The number of aromatic nitrogens is 3. The molecule has 0 aliphatic rings. The summed E-state index contributed by atoms with van der Waals surface area (Å²) in [6.45, 7) is 0.0335. The van der Waals surface area contributed by atoms with Crippen molar-refractivity contribution in [1.82, 2.24) is 14.8 Å². The Morgan fingerprint density at radius 2 is 2.35 bits per heavy atom. The lowest BCUT2D eigenvalue weighted by Gasteiger charge is -2.04. The minimum absolute atomic E-state index is 0.0335. The number of benzene rings is 1. The average Bonchev–Trinajstić information content (AvgIpc) is 2.81. The van der Waals surface area contributed by atoms with E-state index in [9.17, 15) is 9.18 Å². The highest BCUT2D eigenvalue weighted by molar-refractivity contribution is 5.95. The zero-order valence-electron chi connectivity index (χ0n) is 9.13. The maximum Gasteiger partial charge on any atom is 0.184 e. The Morgan fingerprint density at radius 1 is 1.53 bits per heavy atom. The van der Waals surface area contributed by atoms with Crippen LogP contribution in [0.5, 0.6) is 5.75 Å². The molecule has 2 aromatic rings. The first-order valence-corrected chi connectivity index (χ1v) is 4.90. The van der Waals surface area contributed by atoms with Crippen LogP contribution in [-0.4, -0.2) is 27.7 Å². The van der Waals surface area contributed by atoms with E-state index in [1.807, 2.05) is 0 Å². The molecule has 1 aromatic heterocycles. The molecule has 0 aliphatic carbocycles. The van der Waals surface area contributed by atoms with Gasteiger partial charge in [-0.05, 0) is 18.2 Å². The van der Waals surface area contributed by atoms with Crippen molar-refractivity contribution < 1.29 is 13.9 Å². The van der Waals surface area contributed by atoms with Crippen LogP contribution in [0.2, 0.25) is 0 Å². The predicted molar refractivity (Wildman–Crippen MR) is 57.3 cm³/mol. The standard InChI is InChI=1S/C11H10FN3O2/c1-17-11-3-2-8(4-9(11)12)10(16)5-15-7-13-6-14-15/h2-4,6-7H,5H2,1H3. The smallest absolute Gasteiger partial charge is 0.184 e. The van der Waals surface area contributed by atoms with Crippen molar-refractivity contribution in [2.45, 2.75) is 6.54 Å². The van der Waals surface area contributed by atoms with Gasteiger partial charge in [-0.15, -0.1) is 0 Å². The second kappa shape index (κ2) is 4.73. The van der Waals surface area contributed by atoms with E-state index >= 15 is 0 Å². The predicted octanol–water partition coefficient (Wildman–Crippen LogP) is 1.31. The molecule has 0 saturated heterocycles. The van der Waals surface area contributed by atoms with Crippen molar-refractivity contribution >= 4 is 5.78 Å². The summed E-state index contributed by atoms with van der Waals surface area (Å²) in [6.07, 6.45) is 2.76. The number of nitrogens with zero attached hydrogens (tertiary/aromatic N) is 3. The van der Waals surface area contributed by atoms with Gasteiger partial charge in [0.2, 0.25) is 0 Å². The fourth-order valence-corrected chi connectivity index (χ4v) is 1.39. The average molecular weight is 235 g/mol. The van der Waals surface area contributed by atoms with E-state index in [0.717, 1.165) is 6.07 Å². The third-order valence-corrected chi connectivity index (χ3v) is 2.25. The lowest BCUT2D eigenvalue weighted by atomic mass is 10.1. The molecule has 17 heavy (non-hydrogen) atoms. The van der Waals surface area contributed by atoms with Gasteiger partial charge in [-0.3, -0.25) is 4.79 Å². The fraction of sp³-hybridized carbons (Fsp3) is 0.182. The lowest BCUT2D eigenvalue weighted by Crippen LogP contribution is -2.11. The van der Waals surface area contributed by atoms with E-state index < -0.39 is 5.82 Å². The Hall–Kier alpha value is -2.24. The molecule has 88 valence electrons. The number of Topliss-reactive ketones (excluding diaryl/α,β-unsaturated/α-hetero) is 1. The van der Waals surface area contributed by atoms with Crippen molar-refractivity contribution in [2.24, 2.45) is 0 Å². The van der Waals surface area contributed by atoms with Crippen molar-refractivity contribution in [3.8, 4) is 5.75 Å². The first-order valence-electron chi connectivity index (χ1n) is 4.90. The van der Waals surface area contributed by atoms with Gasteiger partial charge in [-0.25, -0.2) is 14.1 Å². The highest BCUT2D eigenvalue weighted by atomic mass is 19.1. The molecule has 0 atom stereocenters. The van der Waals surface area contributed by atoms with Gasteiger partial charge in [-0.1, -0.05) is 0 Å². The molecule has 0 unspecified atom stereocenters. The summed E-state index contributed by atoms with van der Waals surface area (Å²) in [5, 5.41) is 3.80. The van der Waals surface area contributed by atoms with Gasteiger partial charge in [0.25, 0.3) is 0 Å². The van der Waals surface area contributed by atoms with E-state index in [2.05, 4.69) is 10.1 Å². The first-order chi connectivity index (χ1) is 8.20. The molecule has 0 fully saturated rings. The Bertz CT molecular complexity index is 526. The normalized spacial score (nSPS) is 10.2. The van der Waals surface area contributed by atoms with Crippen LogP contribution in [0.1, 0.15) is 10.4 Å². The molecule has 1 aromatic carbocycles. The number of carbonyl (C=O) groups is 1. The topological polar surface area (TPSA) is 57.0 Å². The van der Waals surface area contributed by atoms with Gasteiger partial charge in [0.1, 0.15) is 19.2 Å². The second-order valence-electron chi connectivity index (χ2n) is 3.37. The van der Waals surface area contributed by atoms with Crippen molar-refractivity contribution in [2.75, 3.05) is 7.11 Å². The van der Waals surface area contributed by atoms with Crippen LogP contribution in [0.3, 0.4) is 0 Å². The van der Waals surface area contributed by atoms with Gasteiger partial charge >= 0.3 is 0 Å². The van der Waals surface area contributed by atoms with Crippen LogP contribution in [0.15, 0.2) is 30.9 Å². The maximum atomic E-state index is 13.4. The zero-order valence-corrected chi connectivity index (χ0v) is 9.13. The zero-order chi connectivity index (χ0) is 12.3. The molecule has 0 bridgehead atoms. The Labute approximate surface area is 96.9 Å². The number of hydrogen-bond acceptors (Lipinski definition) is 4. The Kier molecular flexibility index (Phi) is 3.13. The van der Waals surface area contributed by atoms with Gasteiger partial charge in [0.05, 0.1) is 7.11 Å². The van der Waals surface area contributed by atoms with Crippen LogP contribution in [0, 0.1) is 5.82 Å².